The molecule has 0 radical (unpaired) electrons. The minimum absolute atomic E-state index is 0.194. The third-order valence-electron chi connectivity index (χ3n) is 3.29. The number of aliphatic hydroxyl groups excluding tert-OH is 4. The lowest BCUT2D eigenvalue weighted by Gasteiger charge is -2.30. The maximum atomic E-state index is 10.0. The zero-order valence-electron chi connectivity index (χ0n) is 11.8. The summed E-state index contributed by atoms with van der Waals surface area (Å²) in [5.41, 5.74) is 0. The standard InChI is InChI=1S/C13H27NO6/c15-9-11(17)13-12(18)10(16)8-14-4-3-6-19-5-1-2-7-20-13/h10-18H,1-9H2/t10-,11-,12-,13?/m1/s1. The summed E-state index contributed by atoms with van der Waals surface area (Å²) in [4.78, 5) is 0. The first-order chi connectivity index (χ1) is 9.66. The number of hydrogen-bond acceptors (Lipinski definition) is 7. The predicted octanol–water partition coefficient (Wildman–Crippen LogP) is -1.76. The Hall–Kier alpha value is -0.280. The van der Waals surface area contributed by atoms with E-state index in [1.807, 2.05) is 0 Å². The van der Waals surface area contributed by atoms with Crippen LogP contribution in [-0.2, 0) is 9.47 Å². The van der Waals surface area contributed by atoms with Gasteiger partial charge >= 0.3 is 0 Å². The molecule has 7 nitrogen and oxygen atoms in total. The van der Waals surface area contributed by atoms with E-state index in [0.29, 0.717) is 26.4 Å². The summed E-state index contributed by atoms with van der Waals surface area (Å²) in [6.45, 7) is 2.00. The van der Waals surface area contributed by atoms with Crippen LogP contribution in [0.5, 0.6) is 0 Å². The summed E-state index contributed by atoms with van der Waals surface area (Å²) < 4.78 is 10.8. The highest BCUT2D eigenvalue weighted by Crippen LogP contribution is 2.11. The van der Waals surface area contributed by atoms with E-state index in [2.05, 4.69) is 5.32 Å². The van der Waals surface area contributed by atoms with Gasteiger partial charge in [0, 0.05) is 26.4 Å². The fourth-order valence-corrected chi connectivity index (χ4v) is 2.06. The van der Waals surface area contributed by atoms with Gasteiger partial charge in [-0.05, 0) is 25.8 Å². The van der Waals surface area contributed by atoms with Gasteiger partial charge < -0.3 is 35.2 Å². The third kappa shape index (κ3) is 6.45. The van der Waals surface area contributed by atoms with Gasteiger partial charge in [-0.2, -0.15) is 0 Å². The lowest BCUT2D eigenvalue weighted by atomic mass is 10.0. The number of aliphatic hydroxyl groups is 4. The van der Waals surface area contributed by atoms with Gasteiger partial charge in [-0.1, -0.05) is 0 Å². The summed E-state index contributed by atoms with van der Waals surface area (Å²) >= 11 is 0. The van der Waals surface area contributed by atoms with Crippen molar-refractivity contribution in [3.8, 4) is 0 Å². The van der Waals surface area contributed by atoms with Gasteiger partial charge in [0.2, 0.25) is 0 Å². The Kier molecular flexibility index (Phi) is 9.28. The molecule has 1 aliphatic rings. The first-order valence-corrected chi connectivity index (χ1v) is 7.22. The van der Waals surface area contributed by atoms with Gasteiger partial charge in [0.05, 0.1) is 12.7 Å². The molecule has 0 aromatic rings. The summed E-state index contributed by atoms with van der Waals surface area (Å²) in [7, 11) is 0. The molecule has 0 aliphatic carbocycles. The molecule has 20 heavy (non-hydrogen) atoms. The maximum Gasteiger partial charge on any atom is 0.114 e. The molecule has 1 fully saturated rings. The average molecular weight is 293 g/mol. The lowest BCUT2D eigenvalue weighted by Crippen LogP contribution is -2.50. The summed E-state index contributed by atoms with van der Waals surface area (Å²) in [6.07, 6.45) is -2.13. The molecule has 0 saturated carbocycles. The molecule has 1 aliphatic heterocycles. The molecule has 1 rings (SSSR count). The van der Waals surface area contributed by atoms with Crippen LogP contribution in [0.4, 0.5) is 0 Å². The Morgan fingerprint density at radius 2 is 1.80 bits per heavy atom. The minimum atomic E-state index is -1.25. The van der Waals surface area contributed by atoms with Crippen LogP contribution in [0.3, 0.4) is 0 Å². The summed E-state index contributed by atoms with van der Waals surface area (Å²) in [5, 5.41) is 41.6. The summed E-state index contributed by atoms with van der Waals surface area (Å²) in [6, 6.07) is 0. The molecule has 0 aromatic carbocycles. The first kappa shape index (κ1) is 17.8. The quantitative estimate of drug-likeness (QED) is 0.410. The van der Waals surface area contributed by atoms with Gasteiger partial charge in [-0.15, -0.1) is 0 Å². The highest BCUT2D eigenvalue weighted by atomic mass is 16.5. The molecule has 0 aromatic heterocycles. The van der Waals surface area contributed by atoms with E-state index >= 15 is 0 Å². The van der Waals surface area contributed by atoms with Crippen molar-refractivity contribution in [2.24, 2.45) is 0 Å². The van der Waals surface area contributed by atoms with Crippen LogP contribution in [0.15, 0.2) is 0 Å². The van der Waals surface area contributed by atoms with E-state index in [9.17, 15) is 15.3 Å². The fourth-order valence-electron chi connectivity index (χ4n) is 2.06. The monoisotopic (exact) mass is 293 g/mol. The molecule has 7 heteroatoms. The normalized spacial score (nSPS) is 33.3. The van der Waals surface area contributed by atoms with Gasteiger partial charge in [-0.25, -0.2) is 0 Å². The van der Waals surface area contributed by atoms with Gasteiger partial charge in [0.15, 0.2) is 0 Å². The molecule has 1 unspecified atom stereocenters. The van der Waals surface area contributed by atoms with Crippen LogP contribution in [0.1, 0.15) is 19.3 Å². The van der Waals surface area contributed by atoms with Crippen molar-refractivity contribution in [3.05, 3.63) is 0 Å². The number of nitrogens with one attached hydrogen (secondary N) is 1. The molecular formula is C13H27NO6. The average Bonchev–Trinajstić information content (AvgIpc) is 2.46. The minimum Gasteiger partial charge on any atom is -0.394 e. The number of ether oxygens (including phenoxy) is 2. The number of hydrogen-bond donors (Lipinski definition) is 5. The molecule has 1 saturated heterocycles. The van der Waals surface area contributed by atoms with E-state index in [4.69, 9.17) is 14.6 Å². The van der Waals surface area contributed by atoms with Gasteiger partial charge in [-0.3, -0.25) is 0 Å². The van der Waals surface area contributed by atoms with Gasteiger partial charge in [0.25, 0.3) is 0 Å². The van der Waals surface area contributed by atoms with Crippen LogP contribution in [0, 0.1) is 0 Å². The molecule has 0 bridgehead atoms. The van der Waals surface area contributed by atoms with Crippen molar-refractivity contribution < 1.29 is 29.9 Å². The largest absolute Gasteiger partial charge is 0.394 e. The van der Waals surface area contributed by atoms with E-state index in [1.165, 1.54) is 0 Å². The van der Waals surface area contributed by atoms with Crippen molar-refractivity contribution in [2.75, 3.05) is 39.5 Å². The van der Waals surface area contributed by atoms with Crippen LogP contribution in [0.2, 0.25) is 0 Å². The van der Waals surface area contributed by atoms with Gasteiger partial charge in [0.1, 0.15) is 18.3 Å². The van der Waals surface area contributed by atoms with Crippen molar-refractivity contribution in [2.45, 2.75) is 43.7 Å². The predicted molar refractivity (Wildman–Crippen MR) is 72.4 cm³/mol. The zero-order chi connectivity index (χ0) is 14.8. The van der Waals surface area contributed by atoms with Crippen LogP contribution < -0.4 is 5.32 Å². The molecule has 0 amide bonds. The van der Waals surface area contributed by atoms with E-state index in [-0.39, 0.29) is 6.54 Å². The van der Waals surface area contributed by atoms with Crippen molar-refractivity contribution >= 4 is 0 Å². The zero-order valence-corrected chi connectivity index (χ0v) is 11.8. The van der Waals surface area contributed by atoms with Crippen LogP contribution in [0.25, 0.3) is 0 Å². The summed E-state index contributed by atoms with van der Waals surface area (Å²) in [5.74, 6) is 0. The second kappa shape index (κ2) is 10.4. The second-order valence-corrected chi connectivity index (χ2v) is 5.02. The maximum absolute atomic E-state index is 10.0. The first-order valence-electron chi connectivity index (χ1n) is 7.22. The Bertz CT molecular complexity index is 243. The van der Waals surface area contributed by atoms with Crippen LogP contribution in [-0.4, -0.2) is 84.4 Å². The molecule has 5 N–H and O–H groups in total. The van der Waals surface area contributed by atoms with E-state index < -0.39 is 31.0 Å². The second-order valence-electron chi connectivity index (χ2n) is 5.02. The Morgan fingerprint density at radius 3 is 2.55 bits per heavy atom. The molecule has 120 valence electrons. The lowest BCUT2D eigenvalue weighted by molar-refractivity contribution is -0.142. The molecular weight excluding hydrogens is 266 g/mol. The fraction of sp³-hybridized carbons (Fsp3) is 1.00. The topological polar surface area (TPSA) is 111 Å². The molecule has 0 spiro atoms. The number of rotatable bonds is 2. The molecule has 4 atom stereocenters. The highest BCUT2D eigenvalue weighted by molar-refractivity contribution is 4.83. The SMILES string of the molecule is OC[C@@H](O)C1OCCCCOCCCNC[C@@H](O)[C@H]1O. The van der Waals surface area contributed by atoms with Crippen molar-refractivity contribution in [1.82, 2.24) is 5.32 Å². The van der Waals surface area contributed by atoms with Crippen LogP contribution >= 0.6 is 0 Å². The highest BCUT2D eigenvalue weighted by Gasteiger charge is 2.32. The number of β-amino-alcohol motifs (C(OH)–C–C–N with tert-alkyl or cyclic N) is 1. The third-order valence-corrected chi connectivity index (χ3v) is 3.29. The smallest absolute Gasteiger partial charge is 0.114 e. The Labute approximate surface area is 119 Å². The Morgan fingerprint density at radius 1 is 1.10 bits per heavy atom. The van der Waals surface area contributed by atoms with E-state index in [1.54, 1.807) is 0 Å². The molecule has 1 heterocycles. The van der Waals surface area contributed by atoms with Crippen molar-refractivity contribution in [3.63, 3.8) is 0 Å². The van der Waals surface area contributed by atoms with E-state index in [0.717, 1.165) is 19.3 Å². The Balaban J connectivity index is 2.55. The van der Waals surface area contributed by atoms with Crippen molar-refractivity contribution in [1.29, 1.82) is 0 Å².